The molecule has 0 aliphatic rings. The summed E-state index contributed by atoms with van der Waals surface area (Å²) in [5.41, 5.74) is 3.51. The normalized spacial score (nSPS) is 10.7. The number of aromatic nitrogens is 1. The zero-order chi connectivity index (χ0) is 21.8. The van der Waals surface area contributed by atoms with Crippen LogP contribution in [0.3, 0.4) is 0 Å². The van der Waals surface area contributed by atoms with Gasteiger partial charge in [-0.1, -0.05) is 46.1 Å². The molecule has 0 saturated carbocycles. The molecule has 1 aromatic heterocycles. The molecule has 3 aromatic rings. The van der Waals surface area contributed by atoms with Crippen molar-refractivity contribution < 1.29 is 14.4 Å². The fourth-order valence-electron chi connectivity index (χ4n) is 2.72. The predicted octanol–water partition coefficient (Wildman–Crippen LogP) is 4.56. The van der Waals surface area contributed by atoms with Crippen molar-refractivity contribution in [1.29, 1.82) is 0 Å². The minimum Gasteiger partial charge on any atom is -0.348 e. The fraction of sp³-hybridized carbons (Fsp3) is 0.150. The standard InChI is InChI=1S/C20H17BrCl2N4O3/c1-2-7-24-19(29)20(30)26-27-16-6-3-12(21)8-11(16)9-17(27)18(28)25-15-5-4-13(22)10-14(15)23/h3-6,8-10H,2,7H2,1H3,(H,24,29)(H,25,28)(H,26,30). The lowest BCUT2D eigenvalue weighted by Crippen LogP contribution is -2.40. The van der Waals surface area contributed by atoms with Crippen LogP contribution < -0.4 is 16.1 Å². The third kappa shape index (κ3) is 4.95. The molecule has 3 N–H and O–H groups in total. The van der Waals surface area contributed by atoms with Crippen molar-refractivity contribution >= 4 is 73.4 Å². The molecule has 0 aliphatic carbocycles. The number of benzene rings is 2. The van der Waals surface area contributed by atoms with Gasteiger partial charge in [0.2, 0.25) is 0 Å². The monoisotopic (exact) mass is 510 g/mol. The van der Waals surface area contributed by atoms with E-state index in [0.717, 1.165) is 4.47 Å². The molecule has 3 rings (SSSR count). The first-order chi connectivity index (χ1) is 14.3. The Kier molecular flexibility index (Phi) is 7.02. The van der Waals surface area contributed by atoms with Gasteiger partial charge in [0, 0.05) is 21.4 Å². The van der Waals surface area contributed by atoms with Crippen LogP contribution in [0.25, 0.3) is 10.9 Å². The summed E-state index contributed by atoms with van der Waals surface area (Å²) in [6, 6.07) is 11.5. The quantitative estimate of drug-likeness (QED) is 0.438. The number of nitrogens with one attached hydrogen (secondary N) is 3. The Morgan fingerprint density at radius 2 is 1.80 bits per heavy atom. The van der Waals surface area contributed by atoms with Gasteiger partial charge in [-0.2, -0.15) is 0 Å². The van der Waals surface area contributed by atoms with Crippen molar-refractivity contribution in [2.24, 2.45) is 0 Å². The summed E-state index contributed by atoms with van der Waals surface area (Å²) in [5.74, 6) is -2.20. The lowest BCUT2D eigenvalue weighted by atomic mass is 10.2. The second kappa shape index (κ2) is 9.51. The average Bonchev–Trinajstić information content (AvgIpc) is 3.05. The van der Waals surface area contributed by atoms with Gasteiger partial charge < -0.3 is 10.6 Å². The van der Waals surface area contributed by atoms with Crippen LogP contribution >= 0.6 is 39.1 Å². The van der Waals surface area contributed by atoms with Crippen LogP contribution in [0.5, 0.6) is 0 Å². The van der Waals surface area contributed by atoms with E-state index in [1.807, 2.05) is 6.92 Å². The molecule has 0 saturated heterocycles. The molecule has 1 heterocycles. The Balaban J connectivity index is 1.96. The minimum absolute atomic E-state index is 0.116. The van der Waals surface area contributed by atoms with Gasteiger partial charge in [-0.25, -0.2) is 4.68 Å². The van der Waals surface area contributed by atoms with Crippen LogP contribution in [0, 0.1) is 0 Å². The van der Waals surface area contributed by atoms with Gasteiger partial charge in [-0.05, 0) is 48.9 Å². The second-order valence-electron chi connectivity index (χ2n) is 6.34. The smallest absolute Gasteiger partial charge is 0.328 e. The number of hydrogen-bond donors (Lipinski definition) is 3. The van der Waals surface area contributed by atoms with E-state index in [-0.39, 0.29) is 10.7 Å². The summed E-state index contributed by atoms with van der Waals surface area (Å²) in [7, 11) is 0. The van der Waals surface area contributed by atoms with Crippen LogP contribution in [0.2, 0.25) is 10.0 Å². The van der Waals surface area contributed by atoms with Gasteiger partial charge in [-0.3, -0.25) is 19.8 Å². The molecule has 7 nitrogen and oxygen atoms in total. The number of fused-ring (bicyclic) bond motifs is 1. The highest BCUT2D eigenvalue weighted by atomic mass is 79.9. The Labute approximate surface area is 190 Å². The molecule has 0 spiro atoms. The van der Waals surface area contributed by atoms with Crippen molar-refractivity contribution in [3.8, 4) is 0 Å². The molecule has 0 unspecified atom stereocenters. The zero-order valence-corrected chi connectivity index (χ0v) is 18.9. The number of amides is 3. The summed E-state index contributed by atoms with van der Waals surface area (Å²) in [4.78, 5) is 37.3. The lowest BCUT2D eigenvalue weighted by molar-refractivity contribution is -0.136. The molecule has 0 radical (unpaired) electrons. The highest BCUT2D eigenvalue weighted by Gasteiger charge is 2.21. The predicted molar refractivity (Wildman–Crippen MR) is 122 cm³/mol. The number of carbonyl (C=O) groups excluding carboxylic acids is 3. The van der Waals surface area contributed by atoms with Crippen molar-refractivity contribution in [2.45, 2.75) is 13.3 Å². The van der Waals surface area contributed by atoms with Gasteiger partial charge in [-0.15, -0.1) is 0 Å². The molecule has 0 atom stereocenters. The molecule has 0 bridgehead atoms. The summed E-state index contributed by atoms with van der Waals surface area (Å²) < 4.78 is 2.07. The number of halogens is 3. The first kappa shape index (κ1) is 22.1. The maximum absolute atomic E-state index is 13.0. The first-order valence-electron chi connectivity index (χ1n) is 8.96. The van der Waals surface area contributed by atoms with E-state index >= 15 is 0 Å². The first-order valence-corrected chi connectivity index (χ1v) is 10.5. The summed E-state index contributed by atoms with van der Waals surface area (Å²) in [6.07, 6.45) is 0.689. The number of hydrogen-bond acceptors (Lipinski definition) is 3. The molecular formula is C20H17BrCl2N4O3. The fourth-order valence-corrected chi connectivity index (χ4v) is 3.56. The van der Waals surface area contributed by atoms with Crippen LogP contribution in [-0.4, -0.2) is 28.9 Å². The lowest BCUT2D eigenvalue weighted by Gasteiger charge is -2.13. The highest BCUT2D eigenvalue weighted by molar-refractivity contribution is 9.10. The third-order valence-electron chi connectivity index (χ3n) is 4.13. The summed E-state index contributed by atoms with van der Waals surface area (Å²) in [5, 5.41) is 6.58. The van der Waals surface area contributed by atoms with Gasteiger partial charge in [0.1, 0.15) is 5.69 Å². The molecular weight excluding hydrogens is 495 g/mol. The van der Waals surface area contributed by atoms with Crippen molar-refractivity contribution in [2.75, 3.05) is 17.3 Å². The number of rotatable bonds is 5. The SMILES string of the molecule is CCCNC(=O)C(=O)Nn1c(C(=O)Nc2ccc(Cl)cc2Cl)cc2cc(Br)ccc21. The maximum Gasteiger partial charge on any atom is 0.328 e. The van der Waals surface area contributed by atoms with Gasteiger partial charge in [0.05, 0.1) is 16.2 Å². The maximum atomic E-state index is 13.0. The molecule has 2 aromatic carbocycles. The van der Waals surface area contributed by atoms with Crippen LogP contribution in [0.4, 0.5) is 5.69 Å². The molecule has 3 amide bonds. The summed E-state index contributed by atoms with van der Waals surface area (Å²) in [6.45, 7) is 2.24. The Morgan fingerprint density at radius 3 is 2.50 bits per heavy atom. The largest absolute Gasteiger partial charge is 0.348 e. The Morgan fingerprint density at radius 1 is 1.03 bits per heavy atom. The van der Waals surface area contributed by atoms with Gasteiger partial charge in [0.25, 0.3) is 5.91 Å². The summed E-state index contributed by atoms with van der Waals surface area (Å²) >= 11 is 15.4. The Hall–Kier alpha value is -2.55. The van der Waals surface area contributed by atoms with Gasteiger partial charge in [0.15, 0.2) is 0 Å². The van der Waals surface area contributed by atoms with Crippen molar-refractivity contribution in [3.05, 3.63) is 62.7 Å². The molecule has 0 aliphatic heterocycles. The number of carbonyl (C=O) groups is 3. The van der Waals surface area contributed by atoms with Crippen LogP contribution in [0.15, 0.2) is 46.9 Å². The van der Waals surface area contributed by atoms with E-state index in [1.54, 1.807) is 36.4 Å². The van der Waals surface area contributed by atoms with E-state index in [9.17, 15) is 14.4 Å². The zero-order valence-electron chi connectivity index (χ0n) is 15.8. The minimum atomic E-state index is -0.887. The second-order valence-corrected chi connectivity index (χ2v) is 8.10. The molecule has 10 heteroatoms. The van der Waals surface area contributed by atoms with E-state index in [1.165, 1.54) is 10.7 Å². The molecule has 30 heavy (non-hydrogen) atoms. The molecule has 0 fully saturated rings. The van der Waals surface area contributed by atoms with E-state index in [4.69, 9.17) is 23.2 Å². The number of nitrogens with zero attached hydrogens (tertiary/aromatic N) is 1. The molecule has 156 valence electrons. The number of anilines is 1. The van der Waals surface area contributed by atoms with Crippen molar-refractivity contribution in [1.82, 2.24) is 9.99 Å². The average molecular weight is 512 g/mol. The third-order valence-corrected chi connectivity index (χ3v) is 5.17. The Bertz CT molecular complexity index is 1150. The highest BCUT2D eigenvalue weighted by Crippen LogP contribution is 2.27. The van der Waals surface area contributed by atoms with Gasteiger partial charge >= 0.3 is 11.8 Å². The van der Waals surface area contributed by atoms with E-state index in [0.29, 0.717) is 34.6 Å². The topological polar surface area (TPSA) is 92.2 Å². The van der Waals surface area contributed by atoms with E-state index < -0.39 is 17.7 Å². The van der Waals surface area contributed by atoms with Crippen LogP contribution in [0.1, 0.15) is 23.8 Å². The van der Waals surface area contributed by atoms with Crippen LogP contribution in [-0.2, 0) is 9.59 Å². The van der Waals surface area contributed by atoms with Crippen molar-refractivity contribution in [3.63, 3.8) is 0 Å². The van der Waals surface area contributed by atoms with E-state index in [2.05, 4.69) is 32.0 Å².